The molecule has 0 spiro atoms. The predicted molar refractivity (Wildman–Crippen MR) is 70.2 cm³/mol. The summed E-state index contributed by atoms with van der Waals surface area (Å²) in [6.45, 7) is 5.34. The molecule has 0 atom stereocenters. The third-order valence-corrected chi connectivity index (χ3v) is 2.65. The number of halogens is 1. The van der Waals surface area contributed by atoms with Gasteiger partial charge in [-0.15, -0.1) is 0 Å². The van der Waals surface area contributed by atoms with Gasteiger partial charge in [-0.1, -0.05) is 13.3 Å². The molecule has 0 saturated heterocycles. The molecule has 0 aliphatic rings. The quantitative estimate of drug-likeness (QED) is 0.552. The zero-order valence-corrected chi connectivity index (χ0v) is 11.0. The molecule has 0 bridgehead atoms. The predicted octanol–water partition coefficient (Wildman–Crippen LogP) is 3.00. The third kappa shape index (κ3) is 4.73. The van der Waals surface area contributed by atoms with Gasteiger partial charge in [0.1, 0.15) is 12.4 Å². The van der Waals surface area contributed by atoms with Crippen molar-refractivity contribution in [3.05, 3.63) is 30.1 Å². The van der Waals surface area contributed by atoms with Gasteiger partial charge in [0.25, 0.3) is 0 Å². The maximum Gasteiger partial charge on any atom is 0.325 e. The molecule has 3 nitrogen and oxygen atoms in total. The molecule has 0 radical (unpaired) electrons. The summed E-state index contributed by atoms with van der Waals surface area (Å²) in [6, 6.07) is 6.11. The number of unbranched alkanes of at least 4 members (excludes halogenated alkanes) is 1. The van der Waals surface area contributed by atoms with Gasteiger partial charge in [-0.25, -0.2) is 4.39 Å². The van der Waals surface area contributed by atoms with Crippen LogP contribution in [0, 0.1) is 5.82 Å². The van der Waals surface area contributed by atoms with Gasteiger partial charge in [0.05, 0.1) is 6.61 Å². The Bertz CT molecular complexity index is 365. The van der Waals surface area contributed by atoms with Gasteiger partial charge in [0, 0.05) is 12.2 Å². The number of rotatable bonds is 7. The van der Waals surface area contributed by atoms with Crippen LogP contribution in [0.25, 0.3) is 0 Å². The van der Waals surface area contributed by atoms with Crippen molar-refractivity contribution in [2.75, 3.05) is 24.6 Å². The zero-order chi connectivity index (χ0) is 13.4. The van der Waals surface area contributed by atoms with Gasteiger partial charge in [0.15, 0.2) is 0 Å². The van der Waals surface area contributed by atoms with E-state index in [1.54, 1.807) is 12.1 Å². The summed E-state index contributed by atoms with van der Waals surface area (Å²) < 4.78 is 17.9. The van der Waals surface area contributed by atoms with E-state index in [9.17, 15) is 9.18 Å². The SMILES string of the molecule is CCCCOC(=O)CN(CC)c1ccc(F)cc1. The molecule has 0 unspecified atom stereocenters. The maximum atomic E-state index is 12.8. The molecule has 4 heteroatoms. The first-order valence-electron chi connectivity index (χ1n) is 6.33. The molecule has 0 aromatic heterocycles. The van der Waals surface area contributed by atoms with Crippen LogP contribution >= 0.6 is 0 Å². The molecule has 0 heterocycles. The summed E-state index contributed by atoms with van der Waals surface area (Å²) >= 11 is 0. The minimum absolute atomic E-state index is 0.200. The summed E-state index contributed by atoms with van der Waals surface area (Å²) in [7, 11) is 0. The van der Waals surface area contributed by atoms with Crippen molar-refractivity contribution in [3.63, 3.8) is 0 Å². The van der Waals surface area contributed by atoms with Crippen LogP contribution in [0.3, 0.4) is 0 Å². The average Bonchev–Trinajstić information content (AvgIpc) is 2.37. The highest BCUT2D eigenvalue weighted by atomic mass is 19.1. The van der Waals surface area contributed by atoms with Crippen LogP contribution in [-0.4, -0.2) is 25.7 Å². The topological polar surface area (TPSA) is 29.5 Å². The van der Waals surface area contributed by atoms with E-state index in [1.165, 1.54) is 12.1 Å². The minimum Gasteiger partial charge on any atom is -0.464 e. The van der Waals surface area contributed by atoms with Gasteiger partial charge in [-0.3, -0.25) is 4.79 Å². The largest absolute Gasteiger partial charge is 0.464 e. The number of anilines is 1. The molecule has 0 aliphatic heterocycles. The van der Waals surface area contributed by atoms with E-state index in [4.69, 9.17) is 4.74 Å². The summed E-state index contributed by atoms with van der Waals surface area (Å²) in [5.41, 5.74) is 0.825. The number of ether oxygens (including phenoxy) is 1. The molecule has 1 rings (SSSR count). The molecule has 0 amide bonds. The van der Waals surface area contributed by atoms with Gasteiger partial charge in [-0.05, 0) is 37.6 Å². The molecule has 100 valence electrons. The molecule has 0 saturated carbocycles. The number of carbonyl (C=O) groups is 1. The maximum absolute atomic E-state index is 12.8. The summed E-state index contributed by atoms with van der Waals surface area (Å²) in [4.78, 5) is 13.4. The number of likely N-dealkylation sites (N-methyl/N-ethyl adjacent to an activating group) is 1. The first kappa shape index (κ1) is 14.5. The van der Waals surface area contributed by atoms with Gasteiger partial charge in [-0.2, -0.15) is 0 Å². The lowest BCUT2D eigenvalue weighted by Crippen LogP contribution is -2.30. The molecule has 0 aliphatic carbocycles. The molecule has 0 N–H and O–H groups in total. The molecule has 18 heavy (non-hydrogen) atoms. The highest BCUT2D eigenvalue weighted by Gasteiger charge is 2.10. The second-order valence-electron chi connectivity index (χ2n) is 4.06. The Labute approximate surface area is 108 Å². The molecule has 1 aromatic rings. The van der Waals surface area contributed by atoms with E-state index in [2.05, 4.69) is 0 Å². The van der Waals surface area contributed by atoms with Gasteiger partial charge < -0.3 is 9.64 Å². The Balaban J connectivity index is 2.51. The highest BCUT2D eigenvalue weighted by molar-refractivity contribution is 5.75. The Morgan fingerprint density at radius 3 is 2.50 bits per heavy atom. The van der Waals surface area contributed by atoms with Crippen LogP contribution in [0.5, 0.6) is 0 Å². The number of carbonyl (C=O) groups excluding carboxylic acids is 1. The monoisotopic (exact) mass is 253 g/mol. The Kier molecular flexibility index (Phi) is 6.19. The van der Waals surface area contributed by atoms with E-state index >= 15 is 0 Å². The number of esters is 1. The third-order valence-electron chi connectivity index (χ3n) is 2.65. The Hall–Kier alpha value is -1.58. The molecular formula is C14H20FNO2. The van der Waals surface area contributed by atoms with Crippen molar-refractivity contribution in [1.82, 2.24) is 0 Å². The van der Waals surface area contributed by atoms with Crippen LogP contribution in [0.4, 0.5) is 10.1 Å². The smallest absolute Gasteiger partial charge is 0.325 e. The fourth-order valence-corrected chi connectivity index (χ4v) is 1.57. The average molecular weight is 253 g/mol. The summed E-state index contributed by atoms with van der Waals surface area (Å²) in [5, 5.41) is 0. The van der Waals surface area contributed by atoms with Crippen molar-refractivity contribution in [2.45, 2.75) is 26.7 Å². The molecule has 1 aromatic carbocycles. The fraction of sp³-hybridized carbons (Fsp3) is 0.500. The lowest BCUT2D eigenvalue weighted by Gasteiger charge is -2.21. The number of nitrogens with zero attached hydrogens (tertiary/aromatic N) is 1. The standard InChI is InChI=1S/C14H20FNO2/c1-3-5-10-18-14(17)11-16(4-2)13-8-6-12(15)7-9-13/h6-9H,3-5,10-11H2,1-2H3. The van der Waals surface area contributed by atoms with Crippen LogP contribution < -0.4 is 4.90 Å². The lowest BCUT2D eigenvalue weighted by atomic mass is 10.3. The van der Waals surface area contributed by atoms with Crippen molar-refractivity contribution in [2.24, 2.45) is 0 Å². The van der Waals surface area contributed by atoms with E-state index in [0.29, 0.717) is 13.2 Å². The van der Waals surface area contributed by atoms with Gasteiger partial charge >= 0.3 is 5.97 Å². The van der Waals surface area contributed by atoms with E-state index in [1.807, 2.05) is 18.7 Å². The van der Waals surface area contributed by atoms with Crippen molar-refractivity contribution >= 4 is 11.7 Å². The Morgan fingerprint density at radius 2 is 1.94 bits per heavy atom. The van der Waals surface area contributed by atoms with Crippen LogP contribution in [0.2, 0.25) is 0 Å². The fourth-order valence-electron chi connectivity index (χ4n) is 1.57. The van der Waals surface area contributed by atoms with E-state index in [0.717, 1.165) is 18.5 Å². The summed E-state index contributed by atoms with van der Waals surface area (Å²) in [5.74, 6) is -0.519. The van der Waals surface area contributed by atoms with Crippen molar-refractivity contribution < 1.29 is 13.9 Å². The number of hydrogen-bond donors (Lipinski definition) is 0. The van der Waals surface area contributed by atoms with E-state index < -0.39 is 0 Å². The second kappa shape index (κ2) is 7.69. The number of hydrogen-bond acceptors (Lipinski definition) is 3. The van der Waals surface area contributed by atoms with Crippen LogP contribution in [-0.2, 0) is 9.53 Å². The second-order valence-corrected chi connectivity index (χ2v) is 4.06. The van der Waals surface area contributed by atoms with Crippen LogP contribution in [0.1, 0.15) is 26.7 Å². The normalized spacial score (nSPS) is 10.2. The lowest BCUT2D eigenvalue weighted by molar-refractivity contribution is -0.142. The first-order chi connectivity index (χ1) is 8.67. The molecule has 0 fully saturated rings. The van der Waals surface area contributed by atoms with E-state index in [-0.39, 0.29) is 18.3 Å². The Morgan fingerprint density at radius 1 is 1.28 bits per heavy atom. The zero-order valence-electron chi connectivity index (χ0n) is 11.0. The first-order valence-corrected chi connectivity index (χ1v) is 6.33. The minimum atomic E-state index is -0.277. The highest BCUT2D eigenvalue weighted by Crippen LogP contribution is 2.14. The van der Waals surface area contributed by atoms with Crippen molar-refractivity contribution in [1.29, 1.82) is 0 Å². The van der Waals surface area contributed by atoms with Gasteiger partial charge in [0.2, 0.25) is 0 Å². The summed E-state index contributed by atoms with van der Waals surface area (Å²) in [6.07, 6.45) is 1.89. The number of benzene rings is 1. The van der Waals surface area contributed by atoms with Crippen molar-refractivity contribution in [3.8, 4) is 0 Å². The van der Waals surface area contributed by atoms with Crippen LogP contribution in [0.15, 0.2) is 24.3 Å². The molecular weight excluding hydrogens is 233 g/mol.